The number of rotatable bonds is 6. The SMILES string of the molecule is C.O=C(CCN1CCCN(c2ccc(Cl)cc2)CC1)N1CCC(Nc2ccc(C(F)(F)F)cn2)CC1. The maximum atomic E-state index is 12.8. The van der Waals surface area contributed by atoms with Gasteiger partial charge in [-0.05, 0) is 62.2 Å². The number of hydrogen-bond acceptors (Lipinski definition) is 5. The molecule has 1 aromatic heterocycles. The summed E-state index contributed by atoms with van der Waals surface area (Å²) in [6, 6.07) is 10.4. The lowest BCUT2D eigenvalue weighted by Gasteiger charge is -2.33. The first-order chi connectivity index (χ1) is 16.8. The van der Waals surface area contributed by atoms with Gasteiger partial charge in [-0.3, -0.25) is 4.79 Å². The molecule has 3 heterocycles. The first-order valence-electron chi connectivity index (χ1n) is 12.1. The first-order valence-corrected chi connectivity index (χ1v) is 12.5. The highest BCUT2D eigenvalue weighted by Gasteiger charge is 2.31. The summed E-state index contributed by atoms with van der Waals surface area (Å²) in [6.45, 7) is 5.83. The van der Waals surface area contributed by atoms with Crippen molar-refractivity contribution in [2.75, 3.05) is 56.0 Å². The molecule has 36 heavy (non-hydrogen) atoms. The standard InChI is InChI=1S/C25H31ClF3N5O.CH4/c26-20-3-5-22(6-4-20)33-12-1-11-32(16-17-33)13-10-24(35)34-14-8-21(9-15-34)31-23-7-2-19(18-30-23)25(27,28)29;/h2-7,18,21H,1,8-17H2,(H,30,31);1H4. The van der Waals surface area contributed by atoms with Crippen LogP contribution in [0.5, 0.6) is 0 Å². The third-order valence-corrected chi connectivity index (χ3v) is 6.96. The number of benzene rings is 1. The zero-order chi connectivity index (χ0) is 24.8. The number of aromatic nitrogens is 1. The van der Waals surface area contributed by atoms with Gasteiger partial charge in [-0.1, -0.05) is 19.0 Å². The molecule has 2 fully saturated rings. The number of amides is 1. The Morgan fingerprint density at radius 2 is 1.72 bits per heavy atom. The molecule has 1 amide bonds. The zero-order valence-electron chi connectivity index (χ0n) is 19.6. The van der Waals surface area contributed by atoms with Gasteiger partial charge in [-0.2, -0.15) is 13.2 Å². The van der Waals surface area contributed by atoms with Crippen molar-refractivity contribution >= 4 is 29.0 Å². The Bertz CT molecular complexity index is 963. The van der Waals surface area contributed by atoms with Crippen LogP contribution < -0.4 is 10.2 Å². The molecule has 6 nitrogen and oxygen atoms in total. The van der Waals surface area contributed by atoms with Gasteiger partial charge in [0.15, 0.2) is 0 Å². The molecule has 2 aromatic rings. The Morgan fingerprint density at radius 1 is 1.00 bits per heavy atom. The van der Waals surface area contributed by atoms with Crippen LogP contribution in [0.25, 0.3) is 0 Å². The molecule has 0 saturated carbocycles. The van der Waals surface area contributed by atoms with E-state index in [1.165, 1.54) is 11.8 Å². The van der Waals surface area contributed by atoms with E-state index in [4.69, 9.17) is 11.6 Å². The van der Waals surface area contributed by atoms with Crippen molar-refractivity contribution in [2.45, 2.75) is 45.3 Å². The molecule has 0 radical (unpaired) electrons. The lowest BCUT2D eigenvalue weighted by atomic mass is 10.0. The summed E-state index contributed by atoms with van der Waals surface area (Å²) < 4.78 is 38.1. The highest BCUT2D eigenvalue weighted by Crippen LogP contribution is 2.29. The Morgan fingerprint density at radius 3 is 2.36 bits per heavy atom. The molecule has 1 aromatic carbocycles. The maximum absolute atomic E-state index is 12.8. The fourth-order valence-corrected chi connectivity index (χ4v) is 4.77. The number of hydrogen-bond donors (Lipinski definition) is 1. The van der Waals surface area contributed by atoms with Crippen LogP contribution in [-0.4, -0.2) is 72.5 Å². The molecule has 0 bridgehead atoms. The fraction of sp³-hybridized carbons (Fsp3) is 0.538. The van der Waals surface area contributed by atoms with Crippen LogP contribution in [0, 0.1) is 0 Å². The van der Waals surface area contributed by atoms with Gasteiger partial charge >= 0.3 is 6.18 Å². The molecule has 0 spiro atoms. The van der Waals surface area contributed by atoms with Gasteiger partial charge in [0, 0.05) is 68.6 Å². The van der Waals surface area contributed by atoms with E-state index in [-0.39, 0.29) is 19.4 Å². The number of likely N-dealkylation sites (tertiary alicyclic amines) is 1. The number of piperidine rings is 1. The summed E-state index contributed by atoms with van der Waals surface area (Å²) in [5.41, 5.74) is 0.417. The minimum Gasteiger partial charge on any atom is -0.370 e. The van der Waals surface area contributed by atoms with Gasteiger partial charge in [0.2, 0.25) is 5.91 Å². The van der Waals surface area contributed by atoms with E-state index in [0.29, 0.717) is 25.3 Å². The quantitative estimate of drug-likeness (QED) is 0.547. The summed E-state index contributed by atoms with van der Waals surface area (Å²) in [4.78, 5) is 23.3. The molecule has 10 heteroatoms. The molecule has 2 aliphatic heterocycles. The summed E-state index contributed by atoms with van der Waals surface area (Å²) >= 11 is 6.00. The number of alkyl halides is 3. The second-order valence-electron chi connectivity index (χ2n) is 9.14. The van der Waals surface area contributed by atoms with Crippen LogP contribution >= 0.6 is 11.6 Å². The Balaban J connectivity index is 0.00000361. The van der Waals surface area contributed by atoms with Crippen LogP contribution in [0.4, 0.5) is 24.7 Å². The van der Waals surface area contributed by atoms with Crippen molar-refractivity contribution in [3.8, 4) is 0 Å². The van der Waals surface area contributed by atoms with Gasteiger partial charge in [0.1, 0.15) is 5.82 Å². The summed E-state index contributed by atoms with van der Waals surface area (Å²) in [5, 5.41) is 3.93. The molecule has 0 aliphatic carbocycles. The molecule has 4 rings (SSSR count). The zero-order valence-corrected chi connectivity index (χ0v) is 20.4. The lowest BCUT2D eigenvalue weighted by molar-refractivity contribution is -0.137. The second kappa shape index (κ2) is 12.6. The van der Waals surface area contributed by atoms with E-state index >= 15 is 0 Å². The monoisotopic (exact) mass is 525 g/mol. The fourth-order valence-electron chi connectivity index (χ4n) is 4.65. The van der Waals surface area contributed by atoms with E-state index in [2.05, 4.69) is 20.1 Å². The number of halogens is 4. The van der Waals surface area contributed by atoms with Crippen molar-refractivity contribution in [1.29, 1.82) is 0 Å². The third kappa shape index (κ3) is 7.74. The molecule has 0 atom stereocenters. The van der Waals surface area contributed by atoms with Gasteiger partial charge < -0.3 is 20.0 Å². The average Bonchev–Trinajstić information content (AvgIpc) is 3.09. The van der Waals surface area contributed by atoms with Crippen LogP contribution in [0.3, 0.4) is 0 Å². The number of nitrogens with zero attached hydrogens (tertiary/aromatic N) is 4. The minimum atomic E-state index is -4.39. The van der Waals surface area contributed by atoms with Crippen LogP contribution in [0.1, 0.15) is 38.7 Å². The third-order valence-electron chi connectivity index (χ3n) is 6.71. The van der Waals surface area contributed by atoms with E-state index in [1.807, 2.05) is 29.2 Å². The Labute approximate surface area is 216 Å². The highest BCUT2D eigenvalue weighted by molar-refractivity contribution is 6.30. The van der Waals surface area contributed by atoms with Crippen molar-refractivity contribution in [3.63, 3.8) is 0 Å². The van der Waals surface area contributed by atoms with E-state index < -0.39 is 11.7 Å². The molecule has 1 N–H and O–H groups in total. The lowest BCUT2D eigenvalue weighted by Crippen LogP contribution is -2.43. The minimum absolute atomic E-state index is 0. The van der Waals surface area contributed by atoms with Crippen molar-refractivity contribution < 1.29 is 18.0 Å². The number of carbonyl (C=O) groups is 1. The summed E-state index contributed by atoms with van der Waals surface area (Å²) in [5.74, 6) is 0.589. The van der Waals surface area contributed by atoms with Gasteiger partial charge in [-0.15, -0.1) is 0 Å². The van der Waals surface area contributed by atoms with Crippen LogP contribution in [0.2, 0.25) is 5.02 Å². The number of nitrogens with one attached hydrogen (secondary N) is 1. The summed E-state index contributed by atoms with van der Waals surface area (Å²) in [6.07, 6.45) is -0.507. The smallest absolute Gasteiger partial charge is 0.370 e. The van der Waals surface area contributed by atoms with Gasteiger partial charge in [0.25, 0.3) is 0 Å². The summed E-state index contributed by atoms with van der Waals surface area (Å²) in [7, 11) is 0. The number of pyridine rings is 1. The van der Waals surface area contributed by atoms with Crippen LogP contribution in [0.15, 0.2) is 42.6 Å². The molecule has 2 saturated heterocycles. The molecule has 0 unspecified atom stereocenters. The van der Waals surface area contributed by atoms with Crippen LogP contribution in [-0.2, 0) is 11.0 Å². The molecule has 2 aliphatic rings. The average molecular weight is 526 g/mol. The van der Waals surface area contributed by atoms with E-state index in [9.17, 15) is 18.0 Å². The first kappa shape index (κ1) is 28.1. The van der Waals surface area contributed by atoms with Crippen molar-refractivity contribution in [2.24, 2.45) is 0 Å². The normalized spacial score (nSPS) is 17.9. The van der Waals surface area contributed by atoms with Gasteiger partial charge in [0.05, 0.1) is 5.56 Å². The highest BCUT2D eigenvalue weighted by atomic mass is 35.5. The Hall–Kier alpha value is -2.52. The maximum Gasteiger partial charge on any atom is 0.417 e. The largest absolute Gasteiger partial charge is 0.417 e. The topological polar surface area (TPSA) is 51.7 Å². The molecular weight excluding hydrogens is 491 g/mol. The second-order valence-corrected chi connectivity index (χ2v) is 9.57. The van der Waals surface area contributed by atoms with Crippen molar-refractivity contribution in [1.82, 2.24) is 14.8 Å². The van der Waals surface area contributed by atoms with E-state index in [1.54, 1.807) is 0 Å². The predicted molar refractivity (Wildman–Crippen MR) is 139 cm³/mol. The number of anilines is 2. The Kier molecular flexibility index (Phi) is 9.84. The van der Waals surface area contributed by atoms with Gasteiger partial charge in [-0.25, -0.2) is 4.98 Å². The predicted octanol–water partition coefficient (Wildman–Crippen LogP) is 5.40. The van der Waals surface area contributed by atoms with Crippen molar-refractivity contribution in [3.05, 3.63) is 53.2 Å². The number of carbonyl (C=O) groups excluding carboxylic acids is 1. The molecule has 198 valence electrons. The molecular formula is C26H35ClF3N5O. The van der Waals surface area contributed by atoms with E-state index in [0.717, 1.165) is 69.3 Å².